The van der Waals surface area contributed by atoms with Crippen molar-refractivity contribution < 1.29 is 19.4 Å². The number of carboxylic acids is 1. The molecule has 5 nitrogen and oxygen atoms in total. The van der Waals surface area contributed by atoms with Crippen LogP contribution in [0, 0.1) is 5.92 Å². The summed E-state index contributed by atoms with van der Waals surface area (Å²) in [6.07, 6.45) is 2.44. The third-order valence-corrected chi connectivity index (χ3v) is 5.42. The van der Waals surface area contributed by atoms with Crippen LogP contribution in [-0.4, -0.2) is 47.7 Å². The summed E-state index contributed by atoms with van der Waals surface area (Å²) in [4.78, 5) is 25.7. The normalized spacial score (nSPS) is 23.7. The fraction of sp³-hybridized carbons (Fsp3) is 0.556. The van der Waals surface area contributed by atoms with E-state index >= 15 is 0 Å². The van der Waals surface area contributed by atoms with Crippen molar-refractivity contribution in [3.8, 4) is 0 Å². The molecule has 1 aliphatic heterocycles. The van der Waals surface area contributed by atoms with Crippen molar-refractivity contribution in [3.05, 3.63) is 34.3 Å². The van der Waals surface area contributed by atoms with Gasteiger partial charge in [-0.25, -0.2) is 0 Å². The second-order valence-electron chi connectivity index (χ2n) is 6.52. The lowest BCUT2D eigenvalue weighted by Gasteiger charge is -2.34. The Balaban J connectivity index is 1.66. The third kappa shape index (κ3) is 4.16. The van der Waals surface area contributed by atoms with Crippen molar-refractivity contribution in [2.75, 3.05) is 19.8 Å². The van der Waals surface area contributed by atoms with Gasteiger partial charge in [-0.3, -0.25) is 9.59 Å². The van der Waals surface area contributed by atoms with Gasteiger partial charge in [-0.1, -0.05) is 28.1 Å². The van der Waals surface area contributed by atoms with Gasteiger partial charge in [0, 0.05) is 36.2 Å². The average molecular weight is 396 g/mol. The molecule has 2 fully saturated rings. The zero-order valence-electron chi connectivity index (χ0n) is 13.5. The number of aliphatic carboxylic acids is 1. The predicted molar refractivity (Wildman–Crippen MR) is 92.8 cm³/mol. The number of nitrogens with zero attached hydrogens (tertiary/aromatic N) is 1. The Morgan fingerprint density at radius 1 is 1.21 bits per heavy atom. The molecule has 0 radical (unpaired) electrons. The maximum atomic E-state index is 13.0. The first-order valence-electron chi connectivity index (χ1n) is 8.41. The van der Waals surface area contributed by atoms with Crippen LogP contribution in [0.1, 0.15) is 37.2 Å². The Morgan fingerprint density at radius 3 is 2.50 bits per heavy atom. The maximum Gasteiger partial charge on any atom is 0.305 e. The lowest BCUT2D eigenvalue weighted by molar-refractivity contribution is -0.141. The van der Waals surface area contributed by atoms with Gasteiger partial charge in [0.15, 0.2) is 0 Å². The molecule has 1 amide bonds. The number of hydrogen-bond donors (Lipinski definition) is 1. The highest BCUT2D eigenvalue weighted by Gasteiger charge is 2.46. The number of benzene rings is 1. The fourth-order valence-electron chi connectivity index (χ4n) is 3.44. The monoisotopic (exact) mass is 395 g/mol. The Kier molecular flexibility index (Phi) is 5.56. The number of carbonyl (C=O) groups is 2. The number of rotatable bonds is 6. The van der Waals surface area contributed by atoms with Gasteiger partial charge in [0.2, 0.25) is 5.91 Å². The Hall–Kier alpha value is -1.40. The van der Waals surface area contributed by atoms with Crippen LogP contribution in [0.2, 0.25) is 0 Å². The molecule has 24 heavy (non-hydrogen) atoms. The van der Waals surface area contributed by atoms with Crippen LogP contribution in [-0.2, 0) is 14.3 Å². The first-order chi connectivity index (χ1) is 11.6. The van der Waals surface area contributed by atoms with E-state index in [2.05, 4.69) is 28.1 Å². The number of ether oxygens (including phenoxy) is 1. The molecule has 1 saturated carbocycles. The molecule has 1 heterocycles. The van der Waals surface area contributed by atoms with E-state index in [1.165, 1.54) is 5.56 Å². The van der Waals surface area contributed by atoms with E-state index in [1.807, 2.05) is 12.1 Å². The van der Waals surface area contributed by atoms with E-state index in [9.17, 15) is 9.59 Å². The molecule has 0 bridgehead atoms. The molecule has 6 heteroatoms. The predicted octanol–water partition coefficient (Wildman–Crippen LogP) is 3.03. The van der Waals surface area contributed by atoms with E-state index in [-0.39, 0.29) is 30.2 Å². The summed E-state index contributed by atoms with van der Waals surface area (Å²) in [5.74, 6) is -0.503. The molecule has 130 valence electrons. The van der Waals surface area contributed by atoms with Gasteiger partial charge in [-0.05, 0) is 42.9 Å². The zero-order valence-corrected chi connectivity index (χ0v) is 15.1. The number of carboxylic acid groups (broad SMARTS) is 1. The highest BCUT2D eigenvalue weighted by molar-refractivity contribution is 9.10. The van der Waals surface area contributed by atoms with E-state index in [0.29, 0.717) is 19.8 Å². The van der Waals surface area contributed by atoms with Crippen molar-refractivity contribution in [1.82, 2.24) is 4.90 Å². The summed E-state index contributed by atoms with van der Waals surface area (Å²) in [6.45, 7) is 1.58. The van der Waals surface area contributed by atoms with Crippen LogP contribution < -0.4 is 0 Å². The molecule has 0 spiro atoms. The van der Waals surface area contributed by atoms with Crippen molar-refractivity contribution in [1.29, 1.82) is 0 Å². The summed E-state index contributed by atoms with van der Waals surface area (Å²) >= 11 is 3.43. The van der Waals surface area contributed by atoms with E-state index in [0.717, 1.165) is 23.7 Å². The van der Waals surface area contributed by atoms with Gasteiger partial charge in [-0.15, -0.1) is 0 Å². The number of hydrogen-bond acceptors (Lipinski definition) is 3. The van der Waals surface area contributed by atoms with Gasteiger partial charge < -0.3 is 14.7 Å². The van der Waals surface area contributed by atoms with Crippen molar-refractivity contribution in [2.24, 2.45) is 5.92 Å². The van der Waals surface area contributed by atoms with Crippen molar-refractivity contribution in [2.45, 2.75) is 37.6 Å². The Bertz CT molecular complexity index is 598. The average Bonchev–Trinajstić information content (AvgIpc) is 3.37. The van der Waals surface area contributed by atoms with Crippen LogP contribution in [0.25, 0.3) is 0 Å². The molecule has 1 aromatic rings. The molecule has 0 unspecified atom stereocenters. The van der Waals surface area contributed by atoms with Gasteiger partial charge in [-0.2, -0.15) is 0 Å². The second-order valence-corrected chi connectivity index (χ2v) is 7.43. The number of amides is 1. The van der Waals surface area contributed by atoms with Crippen LogP contribution in [0.3, 0.4) is 0 Å². The highest BCUT2D eigenvalue weighted by atomic mass is 79.9. The zero-order chi connectivity index (χ0) is 17.1. The lowest BCUT2D eigenvalue weighted by atomic mass is 10.0. The van der Waals surface area contributed by atoms with Gasteiger partial charge in [0.05, 0.1) is 6.42 Å². The van der Waals surface area contributed by atoms with Gasteiger partial charge in [0.25, 0.3) is 0 Å². The van der Waals surface area contributed by atoms with Crippen LogP contribution in [0.15, 0.2) is 28.7 Å². The Labute approximate surface area is 150 Å². The molecule has 1 N–H and O–H groups in total. The molecule has 1 aromatic carbocycles. The molecule has 0 aromatic heterocycles. The molecule has 1 saturated heterocycles. The highest BCUT2D eigenvalue weighted by Crippen LogP contribution is 2.49. The standard InChI is InChI=1S/C18H22BrNO4/c19-13-3-1-12(2-4-13)15-11-16(15)18(23)20(8-5-17(21)22)14-6-9-24-10-7-14/h1-4,14-16H,5-11H2,(H,21,22)/t15-,16-/m1/s1. The quantitative estimate of drug-likeness (QED) is 0.803. The third-order valence-electron chi connectivity index (χ3n) is 4.89. The summed E-state index contributed by atoms with van der Waals surface area (Å²) in [5, 5.41) is 8.99. The van der Waals surface area contributed by atoms with Gasteiger partial charge >= 0.3 is 5.97 Å². The number of carbonyl (C=O) groups excluding carboxylic acids is 1. The van der Waals surface area contributed by atoms with E-state index < -0.39 is 5.97 Å². The molecular weight excluding hydrogens is 374 g/mol. The molecule has 1 aliphatic carbocycles. The van der Waals surface area contributed by atoms with E-state index in [4.69, 9.17) is 9.84 Å². The van der Waals surface area contributed by atoms with Crippen LogP contribution in [0.5, 0.6) is 0 Å². The molecule has 2 atom stereocenters. The van der Waals surface area contributed by atoms with Crippen molar-refractivity contribution >= 4 is 27.8 Å². The smallest absolute Gasteiger partial charge is 0.305 e. The maximum absolute atomic E-state index is 13.0. The molecule has 2 aliphatic rings. The summed E-state index contributed by atoms with van der Waals surface area (Å²) in [6, 6.07) is 8.21. The summed E-state index contributed by atoms with van der Waals surface area (Å²) in [5.41, 5.74) is 1.18. The van der Waals surface area contributed by atoms with Crippen LogP contribution in [0.4, 0.5) is 0 Å². The number of halogens is 1. The first-order valence-corrected chi connectivity index (χ1v) is 9.21. The fourth-order valence-corrected chi connectivity index (χ4v) is 3.71. The van der Waals surface area contributed by atoms with Gasteiger partial charge in [0.1, 0.15) is 0 Å². The minimum absolute atomic E-state index is 0.00122. The second kappa shape index (κ2) is 7.66. The minimum Gasteiger partial charge on any atom is -0.481 e. The Morgan fingerprint density at radius 2 is 1.88 bits per heavy atom. The van der Waals surface area contributed by atoms with Crippen LogP contribution >= 0.6 is 15.9 Å². The first kappa shape index (κ1) is 17.4. The summed E-state index contributed by atoms with van der Waals surface area (Å²) < 4.78 is 6.40. The summed E-state index contributed by atoms with van der Waals surface area (Å²) in [7, 11) is 0. The lowest BCUT2D eigenvalue weighted by Crippen LogP contribution is -2.45. The molecule has 3 rings (SSSR count). The van der Waals surface area contributed by atoms with E-state index in [1.54, 1.807) is 4.90 Å². The molecular formula is C18H22BrNO4. The topological polar surface area (TPSA) is 66.8 Å². The minimum atomic E-state index is -0.861. The largest absolute Gasteiger partial charge is 0.481 e. The SMILES string of the molecule is O=C(O)CCN(C(=O)[C@@H]1C[C@@H]1c1ccc(Br)cc1)C1CCOCC1. The van der Waals surface area contributed by atoms with Crippen molar-refractivity contribution in [3.63, 3.8) is 0 Å².